The largest absolute Gasteiger partial charge is 0.455 e. The summed E-state index contributed by atoms with van der Waals surface area (Å²) in [5.74, 6) is -0.296. The number of amides is 1. The SMILES string of the molecule is CC1(C)CCC(CN2CCN(c3ccc(C(=O)NS(=O)(=O)c4ccc(NCC5CCCOC5)c([N+](=O)[O-])c4)c(Oc4cnc5[nH]ccc5c4)c3)CC2)=C(c2ccc(Cl)cc2)C1. The summed E-state index contributed by atoms with van der Waals surface area (Å²) in [5, 5.41) is 16.7. The quantitative estimate of drug-likeness (QED) is 0.0764. The van der Waals surface area contributed by atoms with E-state index in [0.717, 1.165) is 87.0 Å². The van der Waals surface area contributed by atoms with Crippen LogP contribution >= 0.6 is 11.6 Å². The summed E-state index contributed by atoms with van der Waals surface area (Å²) >= 11 is 6.24. The van der Waals surface area contributed by atoms with E-state index in [1.807, 2.05) is 18.2 Å². The van der Waals surface area contributed by atoms with Gasteiger partial charge in [-0.2, -0.15) is 0 Å². The molecule has 2 aromatic heterocycles. The van der Waals surface area contributed by atoms with Gasteiger partial charge in [-0.05, 0) is 103 Å². The molecule has 61 heavy (non-hydrogen) atoms. The Labute approximate surface area is 360 Å². The molecule has 2 fully saturated rings. The number of nitrogens with one attached hydrogen (secondary N) is 3. The number of ether oxygens (including phenoxy) is 2. The van der Waals surface area contributed by atoms with Gasteiger partial charge in [-0.3, -0.25) is 19.8 Å². The van der Waals surface area contributed by atoms with Gasteiger partial charge in [0.1, 0.15) is 22.8 Å². The van der Waals surface area contributed by atoms with Crippen LogP contribution in [0.25, 0.3) is 16.6 Å². The van der Waals surface area contributed by atoms with Crippen molar-refractivity contribution in [2.45, 2.75) is 50.8 Å². The Hall–Kier alpha value is -5.48. The van der Waals surface area contributed by atoms with E-state index in [9.17, 15) is 23.3 Å². The molecule has 0 bridgehead atoms. The van der Waals surface area contributed by atoms with Crippen LogP contribution in [0, 0.1) is 21.4 Å². The third-order valence-corrected chi connectivity index (χ3v) is 13.5. The summed E-state index contributed by atoms with van der Waals surface area (Å²) in [7, 11) is -4.56. The number of hydrogen-bond acceptors (Lipinski definition) is 11. The van der Waals surface area contributed by atoms with E-state index in [4.69, 9.17) is 21.1 Å². The van der Waals surface area contributed by atoms with Gasteiger partial charge in [0.2, 0.25) is 0 Å². The van der Waals surface area contributed by atoms with Crippen LogP contribution in [0.5, 0.6) is 11.5 Å². The van der Waals surface area contributed by atoms with E-state index in [-0.39, 0.29) is 28.3 Å². The number of piperazine rings is 1. The number of hydrogen-bond donors (Lipinski definition) is 3. The van der Waals surface area contributed by atoms with Crippen LogP contribution in [0.4, 0.5) is 17.1 Å². The number of aromatic amines is 1. The van der Waals surface area contributed by atoms with Crippen LogP contribution < -0.4 is 19.7 Å². The average Bonchev–Trinajstić information content (AvgIpc) is 3.72. The van der Waals surface area contributed by atoms with Crippen molar-refractivity contribution < 1.29 is 27.6 Å². The van der Waals surface area contributed by atoms with Gasteiger partial charge < -0.3 is 24.7 Å². The molecule has 1 unspecified atom stereocenters. The first-order valence-electron chi connectivity index (χ1n) is 20.7. The minimum atomic E-state index is -4.56. The number of halogens is 1. The third-order valence-electron chi connectivity index (χ3n) is 11.9. The number of carbonyl (C=O) groups is 1. The van der Waals surface area contributed by atoms with Gasteiger partial charge in [-0.25, -0.2) is 18.1 Å². The molecule has 5 aromatic rings. The molecule has 1 amide bonds. The van der Waals surface area contributed by atoms with Crippen molar-refractivity contribution >= 4 is 61.2 Å². The minimum absolute atomic E-state index is 0.0375. The Morgan fingerprint density at radius 1 is 1.07 bits per heavy atom. The number of carbonyl (C=O) groups excluding carboxylic acids is 1. The highest BCUT2D eigenvalue weighted by Crippen LogP contribution is 2.43. The van der Waals surface area contributed by atoms with Gasteiger partial charge >= 0.3 is 0 Å². The maximum Gasteiger partial charge on any atom is 0.293 e. The van der Waals surface area contributed by atoms with Crippen molar-refractivity contribution in [2.24, 2.45) is 11.3 Å². The fourth-order valence-corrected chi connectivity index (χ4v) is 9.53. The number of allylic oxidation sites excluding steroid dienone is 1. The van der Waals surface area contributed by atoms with Gasteiger partial charge in [0.15, 0.2) is 0 Å². The lowest BCUT2D eigenvalue weighted by Gasteiger charge is -2.39. The second kappa shape index (κ2) is 17.9. The molecule has 2 saturated heterocycles. The number of sulfonamides is 1. The summed E-state index contributed by atoms with van der Waals surface area (Å²) in [6.45, 7) is 10.3. The van der Waals surface area contributed by atoms with Crippen LogP contribution in [0.3, 0.4) is 0 Å². The van der Waals surface area contributed by atoms with Gasteiger partial charge in [0.25, 0.3) is 21.6 Å². The third kappa shape index (κ3) is 10.0. The normalized spacial score (nSPS) is 18.5. The molecular weight excluding hydrogens is 818 g/mol. The van der Waals surface area contributed by atoms with E-state index in [1.165, 1.54) is 35.0 Å². The van der Waals surface area contributed by atoms with E-state index in [2.05, 4.69) is 55.8 Å². The zero-order valence-electron chi connectivity index (χ0n) is 34.3. The van der Waals surface area contributed by atoms with E-state index in [1.54, 1.807) is 30.5 Å². The lowest BCUT2D eigenvalue weighted by molar-refractivity contribution is -0.384. The molecule has 16 heteroatoms. The Balaban J connectivity index is 1.00. The van der Waals surface area contributed by atoms with Crippen molar-refractivity contribution in [3.63, 3.8) is 0 Å². The number of anilines is 2. The molecule has 0 radical (unpaired) electrons. The molecule has 1 aliphatic carbocycles. The van der Waals surface area contributed by atoms with Crippen molar-refractivity contribution in [3.05, 3.63) is 117 Å². The molecule has 2 aliphatic heterocycles. The monoisotopic (exact) mass is 867 g/mol. The Bertz CT molecular complexity index is 2560. The zero-order valence-corrected chi connectivity index (χ0v) is 35.9. The highest BCUT2D eigenvalue weighted by atomic mass is 35.5. The molecule has 4 heterocycles. The topological polar surface area (TPSA) is 172 Å². The molecule has 1 atom stereocenters. The van der Waals surface area contributed by atoms with Crippen LogP contribution in [0.2, 0.25) is 5.02 Å². The average molecular weight is 868 g/mol. The van der Waals surface area contributed by atoms with Crippen LogP contribution in [0.1, 0.15) is 61.9 Å². The lowest BCUT2D eigenvalue weighted by Crippen LogP contribution is -2.47. The molecule has 3 aliphatic rings. The number of H-pyrrole nitrogens is 1. The van der Waals surface area contributed by atoms with Crippen LogP contribution in [-0.2, 0) is 14.8 Å². The van der Waals surface area contributed by atoms with Crippen LogP contribution in [0.15, 0.2) is 95.7 Å². The first kappa shape index (κ1) is 42.2. The summed E-state index contributed by atoms with van der Waals surface area (Å²) < 4.78 is 41.3. The van der Waals surface area contributed by atoms with Gasteiger partial charge in [-0.1, -0.05) is 43.2 Å². The van der Waals surface area contributed by atoms with E-state index >= 15 is 0 Å². The van der Waals surface area contributed by atoms with Gasteiger partial charge in [0.05, 0.1) is 28.2 Å². The maximum atomic E-state index is 13.9. The summed E-state index contributed by atoms with van der Waals surface area (Å²) in [4.78, 5) is 37.1. The first-order chi connectivity index (χ1) is 29.3. The molecule has 320 valence electrons. The lowest BCUT2D eigenvalue weighted by atomic mass is 9.72. The number of nitro benzene ring substituents is 1. The smallest absolute Gasteiger partial charge is 0.293 e. The molecule has 3 aromatic carbocycles. The molecular formula is C45H50ClN7O7S. The summed E-state index contributed by atoms with van der Waals surface area (Å²) in [5.41, 5.74) is 5.52. The fraction of sp³-hybridized carbons (Fsp3) is 0.378. The number of aromatic nitrogens is 2. The van der Waals surface area contributed by atoms with Crippen molar-refractivity contribution in [1.29, 1.82) is 0 Å². The van der Waals surface area contributed by atoms with Crippen molar-refractivity contribution in [2.75, 3.05) is 62.7 Å². The highest BCUT2D eigenvalue weighted by Gasteiger charge is 2.31. The number of pyridine rings is 1. The standard InChI is InChI=1S/C45H50ClN7O7S/c1-45(2)15-13-33(39(25-45)31-5-7-34(46)8-6-31)28-51-17-19-52(20-18-51)35-9-11-38(42(23-35)60-36-22-32-14-16-47-43(32)49-27-36)44(54)50-61(57,58)37-10-12-40(41(24-37)53(55)56)48-26-30-4-3-21-59-29-30/h5-12,14,16,22-24,27,30,48H,3-4,13,15,17-21,25-26,28-29H2,1-2H3,(H,47,49)(H,50,54). The second-order valence-electron chi connectivity index (χ2n) is 16.9. The molecule has 0 saturated carbocycles. The predicted molar refractivity (Wildman–Crippen MR) is 237 cm³/mol. The van der Waals surface area contributed by atoms with Crippen molar-refractivity contribution in [3.8, 4) is 11.5 Å². The van der Waals surface area contributed by atoms with Gasteiger partial charge in [0, 0.05) is 80.3 Å². The van der Waals surface area contributed by atoms with Gasteiger partial charge in [-0.15, -0.1) is 0 Å². The van der Waals surface area contributed by atoms with Crippen LogP contribution in [-0.4, -0.2) is 86.6 Å². The fourth-order valence-electron chi connectivity index (χ4n) is 8.42. The van der Waals surface area contributed by atoms with E-state index in [0.29, 0.717) is 31.2 Å². The second-order valence-corrected chi connectivity index (χ2v) is 19.0. The van der Waals surface area contributed by atoms with Crippen molar-refractivity contribution in [1.82, 2.24) is 19.6 Å². The molecule has 3 N–H and O–H groups in total. The predicted octanol–water partition coefficient (Wildman–Crippen LogP) is 8.66. The van der Waals surface area contributed by atoms with E-state index < -0.39 is 31.4 Å². The molecule has 8 rings (SSSR count). The molecule has 0 spiro atoms. The number of nitro groups is 1. The number of nitrogens with zero attached hydrogens (tertiary/aromatic N) is 4. The Kier molecular flexibility index (Phi) is 12.4. The maximum absolute atomic E-state index is 13.9. The Morgan fingerprint density at radius 2 is 1.87 bits per heavy atom. The summed E-state index contributed by atoms with van der Waals surface area (Å²) in [6.07, 6.45) is 8.31. The minimum Gasteiger partial charge on any atom is -0.455 e. The highest BCUT2D eigenvalue weighted by molar-refractivity contribution is 7.90. The number of fused-ring (bicyclic) bond motifs is 1. The number of rotatable bonds is 13. The first-order valence-corrected chi connectivity index (χ1v) is 22.5. The number of benzene rings is 3. The Morgan fingerprint density at radius 3 is 2.62 bits per heavy atom. The molecule has 14 nitrogen and oxygen atoms in total. The zero-order chi connectivity index (χ0) is 42.7. The summed E-state index contributed by atoms with van der Waals surface area (Å²) in [6, 6.07) is 20.4.